The second kappa shape index (κ2) is 7.89. The van der Waals surface area contributed by atoms with Crippen molar-refractivity contribution in [3.05, 3.63) is 30.6 Å². The SMILES string of the molecule is Cl.Cl.NCCOc1cc(-c2cccnc2)on1. The molecule has 0 fully saturated rings. The van der Waals surface area contributed by atoms with Gasteiger partial charge in [-0.1, -0.05) is 0 Å². The monoisotopic (exact) mass is 277 g/mol. The number of aromatic nitrogens is 2. The Bertz CT molecular complexity index is 422. The Balaban J connectivity index is 0.00000128. The predicted molar refractivity (Wildman–Crippen MR) is 68.8 cm³/mol. The first-order valence-electron chi connectivity index (χ1n) is 4.60. The summed E-state index contributed by atoms with van der Waals surface area (Å²) in [6.07, 6.45) is 3.40. The average Bonchev–Trinajstić information content (AvgIpc) is 2.76. The third-order valence-electron chi connectivity index (χ3n) is 1.80. The third kappa shape index (κ3) is 4.22. The summed E-state index contributed by atoms with van der Waals surface area (Å²) in [5.74, 6) is 1.08. The van der Waals surface area contributed by atoms with Crippen LogP contribution in [0.5, 0.6) is 5.88 Å². The predicted octanol–water partition coefficient (Wildman–Crippen LogP) is 1.92. The van der Waals surface area contributed by atoms with Gasteiger partial charge >= 0.3 is 0 Å². The zero-order valence-corrected chi connectivity index (χ0v) is 10.5. The Labute approximate surface area is 111 Å². The van der Waals surface area contributed by atoms with Crippen molar-refractivity contribution in [3.63, 3.8) is 0 Å². The van der Waals surface area contributed by atoms with Gasteiger partial charge in [-0.05, 0) is 17.3 Å². The Morgan fingerprint density at radius 1 is 1.35 bits per heavy atom. The minimum Gasteiger partial charge on any atom is -0.474 e. The van der Waals surface area contributed by atoms with Crippen LogP contribution in [0.15, 0.2) is 35.1 Å². The molecule has 0 amide bonds. The van der Waals surface area contributed by atoms with Crippen LogP contribution in [0.1, 0.15) is 0 Å². The van der Waals surface area contributed by atoms with Crippen molar-refractivity contribution in [2.75, 3.05) is 13.2 Å². The van der Waals surface area contributed by atoms with E-state index >= 15 is 0 Å². The highest BCUT2D eigenvalue weighted by molar-refractivity contribution is 5.85. The fourth-order valence-corrected chi connectivity index (χ4v) is 1.14. The number of halogens is 2. The number of hydrogen-bond acceptors (Lipinski definition) is 5. The van der Waals surface area contributed by atoms with E-state index in [1.54, 1.807) is 18.5 Å². The molecule has 7 heteroatoms. The van der Waals surface area contributed by atoms with E-state index in [1.165, 1.54) is 0 Å². The van der Waals surface area contributed by atoms with E-state index < -0.39 is 0 Å². The van der Waals surface area contributed by atoms with Crippen LogP contribution in [0.4, 0.5) is 0 Å². The molecule has 2 heterocycles. The Kier molecular flexibility index (Phi) is 7.29. The van der Waals surface area contributed by atoms with Crippen molar-refractivity contribution >= 4 is 24.8 Å². The van der Waals surface area contributed by atoms with E-state index in [0.29, 0.717) is 24.8 Å². The largest absolute Gasteiger partial charge is 0.474 e. The van der Waals surface area contributed by atoms with Crippen LogP contribution in [0, 0.1) is 0 Å². The van der Waals surface area contributed by atoms with Gasteiger partial charge in [0.05, 0.1) is 0 Å². The minimum atomic E-state index is 0. The van der Waals surface area contributed by atoms with E-state index in [1.807, 2.05) is 12.1 Å². The van der Waals surface area contributed by atoms with Crippen molar-refractivity contribution in [1.82, 2.24) is 10.1 Å². The van der Waals surface area contributed by atoms with E-state index in [4.69, 9.17) is 15.0 Å². The number of nitrogens with two attached hydrogens (primary N) is 1. The fraction of sp³-hybridized carbons (Fsp3) is 0.200. The molecule has 0 spiro atoms. The number of nitrogens with zero attached hydrogens (tertiary/aromatic N) is 2. The molecular formula is C10H13Cl2N3O2. The lowest BCUT2D eigenvalue weighted by Gasteiger charge is -1.95. The Hall–Kier alpha value is -1.30. The van der Waals surface area contributed by atoms with E-state index in [9.17, 15) is 0 Å². The maximum Gasteiger partial charge on any atom is 0.254 e. The molecule has 0 bridgehead atoms. The number of rotatable bonds is 4. The van der Waals surface area contributed by atoms with Crippen LogP contribution in [-0.4, -0.2) is 23.3 Å². The van der Waals surface area contributed by atoms with Crippen LogP contribution in [-0.2, 0) is 0 Å². The highest BCUT2D eigenvalue weighted by Crippen LogP contribution is 2.22. The van der Waals surface area contributed by atoms with Crippen LogP contribution < -0.4 is 10.5 Å². The standard InChI is InChI=1S/C10H11N3O2.2ClH/c11-3-5-14-10-6-9(15-13-10)8-2-1-4-12-7-8;;/h1-2,4,6-7H,3,5,11H2;2*1H. The van der Waals surface area contributed by atoms with Gasteiger partial charge < -0.3 is 15.0 Å². The van der Waals surface area contributed by atoms with Gasteiger partial charge in [0, 0.05) is 30.6 Å². The summed E-state index contributed by atoms with van der Waals surface area (Å²) in [7, 11) is 0. The quantitative estimate of drug-likeness (QED) is 0.924. The highest BCUT2D eigenvalue weighted by Gasteiger charge is 2.06. The first kappa shape index (κ1) is 15.7. The van der Waals surface area contributed by atoms with Gasteiger partial charge in [-0.2, -0.15) is 0 Å². The second-order valence-corrected chi connectivity index (χ2v) is 2.91. The average molecular weight is 278 g/mol. The Morgan fingerprint density at radius 3 is 2.82 bits per heavy atom. The third-order valence-corrected chi connectivity index (χ3v) is 1.80. The molecule has 94 valence electrons. The minimum absolute atomic E-state index is 0. The normalized spacial score (nSPS) is 9.00. The topological polar surface area (TPSA) is 74.2 Å². The van der Waals surface area contributed by atoms with Gasteiger partial charge in [0.15, 0.2) is 5.76 Å². The summed E-state index contributed by atoms with van der Waals surface area (Å²) < 4.78 is 10.3. The lowest BCUT2D eigenvalue weighted by Crippen LogP contribution is -2.10. The maximum absolute atomic E-state index is 5.30. The van der Waals surface area contributed by atoms with Crippen molar-refractivity contribution in [2.24, 2.45) is 5.73 Å². The van der Waals surface area contributed by atoms with Crippen LogP contribution in [0.25, 0.3) is 11.3 Å². The molecule has 0 radical (unpaired) electrons. The lowest BCUT2D eigenvalue weighted by atomic mass is 10.2. The first-order valence-corrected chi connectivity index (χ1v) is 4.60. The maximum atomic E-state index is 5.30. The van der Waals surface area contributed by atoms with Crippen LogP contribution >= 0.6 is 24.8 Å². The highest BCUT2D eigenvalue weighted by atomic mass is 35.5. The van der Waals surface area contributed by atoms with E-state index in [-0.39, 0.29) is 24.8 Å². The van der Waals surface area contributed by atoms with Gasteiger partial charge in [0.2, 0.25) is 0 Å². The van der Waals surface area contributed by atoms with Crippen molar-refractivity contribution in [1.29, 1.82) is 0 Å². The zero-order chi connectivity index (χ0) is 10.5. The molecule has 5 nitrogen and oxygen atoms in total. The lowest BCUT2D eigenvalue weighted by molar-refractivity contribution is 0.288. The van der Waals surface area contributed by atoms with Crippen molar-refractivity contribution < 1.29 is 9.26 Å². The summed E-state index contributed by atoms with van der Waals surface area (Å²) in [6.45, 7) is 0.883. The molecule has 0 aliphatic heterocycles. The number of hydrogen-bond donors (Lipinski definition) is 1. The smallest absolute Gasteiger partial charge is 0.254 e. The molecule has 0 saturated carbocycles. The molecule has 2 N–H and O–H groups in total. The molecule has 2 rings (SSSR count). The number of ether oxygens (including phenoxy) is 1. The summed E-state index contributed by atoms with van der Waals surface area (Å²) >= 11 is 0. The van der Waals surface area contributed by atoms with E-state index in [0.717, 1.165) is 5.56 Å². The van der Waals surface area contributed by atoms with Gasteiger partial charge in [0.25, 0.3) is 5.88 Å². The molecule has 0 unspecified atom stereocenters. The fourth-order valence-electron chi connectivity index (χ4n) is 1.14. The van der Waals surface area contributed by atoms with Gasteiger partial charge in [-0.15, -0.1) is 24.8 Å². The van der Waals surface area contributed by atoms with Gasteiger partial charge in [0.1, 0.15) is 6.61 Å². The summed E-state index contributed by atoms with van der Waals surface area (Å²) in [5, 5.41) is 3.75. The molecule has 17 heavy (non-hydrogen) atoms. The van der Waals surface area contributed by atoms with E-state index in [2.05, 4.69) is 10.1 Å². The number of pyridine rings is 1. The summed E-state index contributed by atoms with van der Waals surface area (Å²) in [6, 6.07) is 5.44. The molecule has 0 saturated heterocycles. The molecule has 0 atom stereocenters. The van der Waals surface area contributed by atoms with Gasteiger partial charge in [-0.25, -0.2) is 0 Å². The molecule has 2 aromatic heterocycles. The Morgan fingerprint density at radius 2 is 2.18 bits per heavy atom. The second-order valence-electron chi connectivity index (χ2n) is 2.91. The molecular weight excluding hydrogens is 265 g/mol. The summed E-state index contributed by atoms with van der Waals surface area (Å²) in [5.41, 5.74) is 6.17. The molecule has 2 aromatic rings. The zero-order valence-electron chi connectivity index (χ0n) is 8.91. The molecule has 0 aliphatic rings. The van der Waals surface area contributed by atoms with Crippen LogP contribution in [0.2, 0.25) is 0 Å². The van der Waals surface area contributed by atoms with Crippen LogP contribution in [0.3, 0.4) is 0 Å². The molecule has 0 aliphatic carbocycles. The molecule has 0 aromatic carbocycles. The van der Waals surface area contributed by atoms with Crippen molar-refractivity contribution in [3.8, 4) is 17.2 Å². The first-order chi connectivity index (χ1) is 7.40. The van der Waals surface area contributed by atoms with Gasteiger partial charge in [-0.3, -0.25) is 4.98 Å². The summed E-state index contributed by atoms with van der Waals surface area (Å²) in [4.78, 5) is 3.98. The van der Waals surface area contributed by atoms with Crippen molar-refractivity contribution in [2.45, 2.75) is 0 Å².